The molecule has 1 aromatic heterocycles. The van der Waals surface area contributed by atoms with Crippen LogP contribution in [0.1, 0.15) is 12.8 Å². The van der Waals surface area contributed by atoms with Gasteiger partial charge < -0.3 is 16.0 Å². The van der Waals surface area contributed by atoms with Crippen LogP contribution in [0.25, 0.3) is 0 Å². The maximum Gasteiger partial charge on any atom is 0.238 e. The van der Waals surface area contributed by atoms with E-state index in [1.807, 2.05) is 31.1 Å². The van der Waals surface area contributed by atoms with Gasteiger partial charge in [0.15, 0.2) is 5.82 Å². The highest BCUT2D eigenvalue weighted by molar-refractivity contribution is 5.94. The molecule has 1 amide bonds. The van der Waals surface area contributed by atoms with Crippen molar-refractivity contribution in [3.05, 3.63) is 18.3 Å². The molecule has 0 saturated carbocycles. The fourth-order valence-electron chi connectivity index (χ4n) is 2.35. The second-order valence-electron chi connectivity index (χ2n) is 5.43. The number of likely N-dealkylation sites (tertiary alicyclic amines) is 1. The number of hydrogen-bond acceptors (Lipinski definition) is 5. The summed E-state index contributed by atoms with van der Waals surface area (Å²) in [6, 6.07) is 3.97. The number of carbonyl (C=O) groups excluding carboxylic acids is 1. The zero-order valence-corrected chi connectivity index (χ0v) is 12.2. The molecule has 0 radical (unpaired) electrons. The summed E-state index contributed by atoms with van der Waals surface area (Å²) in [7, 11) is 3.81. The van der Waals surface area contributed by atoms with Gasteiger partial charge in [0.25, 0.3) is 0 Å². The number of aromatic nitrogens is 1. The molecule has 20 heavy (non-hydrogen) atoms. The first-order valence-electron chi connectivity index (χ1n) is 6.96. The van der Waals surface area contributed by atoms with E-state index >= 15 is 0 Å². The Hall–Kier alpha value is -1.66. The number of rotatable bonds is 4. The zero-order valence-electron chi connectivity index (χ0n) is 12.2. The average molecular weight is 277 g/mol. The molecule has 3 N–H and O–H groups in total. The van der Waals surface area contributed by atoms with Gasteiger partial charge in [0.2, 0.25) is 5.91 Å². The van der Waals surface area contributed by atoms with E-state index in [0.717, 1.165) is 37.4 Å². The van der Waals surface area contributed by atoms with E-state index in [1.165, 1.54) is 0 Å². The number of nitrogens with one attached hydrogen (secondary N) is 1. The molecule has 0 aromatic carbocycles. The summed E-state index contributed by atoms with van der Waals surface area (Å²) in [5.41, 5.74) is 6.61. The van der Waals surface area contributed by atoms with Crippen LogP contribution in [0.3, 0.4) is 0 Å². The van der Waals surface area contributed by atoms with Crippen molar-refractivity contribution in [2.24, 2.45) is 5.73 Å². The van der Waals surface area contributed by atoms with Crippen molar-refractivity contribution in [2.75, 3.05) is 43.9 Å². The molecule has 0 unspecified atom stereocenters. The zero-order chi connectivity index (χ0) is 14.5. The molecule has 110 valence electrons. The van der Waals surface area contributed by atoms with E-state index in [-0.39, 0.29) is 11.9 Å². The Morgan fingerprint density at radius 3 is 2.85 bits per heavy atom. The van der Waals surface area contributed by atoms with Crippen LogP contribution < -0.4 is 16.0 Å². The summed E-state index contributed by atoms with van der Waals surface area (Å²) < 4.78 is 0. The Morgan fingerprint density at radius 1 is 1.50 bits per heavy atom. The van der Waals surface area contributed by atoms with Gasteiger partial charge in [-0.25, -0.2) is 4.98 Å². The van der Waals surface area contributed by atoms with Gasteiger partial charge in [0, 0.05) is 39.4 Å². The second kappa shape index (κ2) is 6.67. The number of pyridine rings is 1. The lowest BCUT2D eigenvalue weighted by atomic mass is 10.1. The maximum atomic E-state index is 12.1. The minimum atomic E-state index is -0.00317. The highest BCUT2D eigenvalue weighted by Gasteiger charge is 2.18. The Balaban J connectivity index is 1.91. The van der Waals surface area contributed by atoms with E-state index < -0.39 is 0 Å². The number of anilines is 2. The van der Waals surface area contributed by atoms with E-state index in [0.29, 0.717) is 6.54 Å². The van der Waals surface area contributed by atoms with Crippen molar-refractivity contribution >= 4 is 17.4 Å². The van der Waals surface area contributed by atoms with Crippen LogP contribution in [-0.4, -0.2) is 55.6 Å². The van der Waals surface area contributed by atoms with Crippen molar-refractivity contribution < 1.29 is 4.79 Å². The largest absolute Gasteiger partial charge is 0.361 e. The number of nitrogens with two attached hydrogens (primary N) is 1. The molecule has 0 bridgehead atoms. The molecular weight excluding hydrogens is 254 g/mol. The van der Waals surface area contributed by atoms with Crippen LogP contribution in [0.5, 0.6) is 0 Å². The SMILES string of the molecule is CN(C)c1ncccc1NC(=O)CN1CCC(N)CC1. The van der Waals surface area contributed by atoms with Crippen LogP contribution in [-0.2, 0) is 4.79 Å². The smallest absolute Gasteiger partial charge is 0.238 e. The van der Waals surface area contributed by atoms with E-state index in [4.69, 9.17) is 5.73 Å². The third-order valence-corrected chi connectivity index (χ3v) is 3.48. The van der Waals surface area contributed by atoms with Gasteiger partial charge in [-0.2, -0.15) is 0 Å². The predicted molar refractivity (Wildman–Crippen MR) is 80.8 cm³/mol. The normalized spacial score (nSPS) is 16.9. The monoisotopic (exact) mass is 277 g/mol. The van der Waals surface area contributed by atoms with Gasteiger partial charge in [-0.15, -0.1) is 0 Å². The molecular formula is C14H23N5O. The van der Waals surface area contributed by atoms with Crippen LogP contribution >= 0.6 is 0 Å². The Kier molecular flexibility index (Phi) is 4.92. The highest BCUT2D eigenvalue weighted by Crippen LogP contribution is 2.20. The molecule has 0 aliphatic carbocycles. The molecule has 0 atom stereocenters. The van der Waals surface area contributed by atoms with Crippen LogP contribution in [0, 0.1) is 0 Å². The minimum absolute atomic E-state index is 0.00317. The standard InChI is InChI=1S/C14H23N5O/c1-18(2)14-12(4-3-7-16-14)17-13(20)10-19-8-5-11(15)6-9-19/h3-4,7,11H,5-6,8-10,15H2,1-2H3,(H,17,20). The molecule has 2 heterocycles. The number of hydrogen-bond donors (Lipinski definition) is 2. The molecule has 6 heteroatoms. The van der Waals surface area contributed by atoms with Crippen LogP contribution in [0.2, 0.25) is 0 Å². The summed E-state index contributed by atoms with van der Waals surface area (Å²) in [5, 5.41) is 2.93. The van der Waals surface area contributed by atoms with Crippen molar-refractivity contribution in [1.82, 2.24) is 9.88 Å². The summed E-state index contributed by atoms with van der Waals surface area (Å²) in [5.74, 6) is 0.762. The highest BCUT2D eigenvalue weighted by atomic mass is 16.2. The minimum Gasteiger partial charge on any atom is -0.361 e. The quantitative estimate of drug-likeness (QED) is 0.839. The van der Waals surface area contributed by atoms with Crippen molar-refractivity contribution in [3.8, 4) is 0 Å². The summed E-state index contributed by atoms with van der Waals surface area (Å²) in [4.78, 5) is 20.4. The van der Waals surface area contributed by atoms with Crippen molar-refractivity contribution in [3.63, 3.8) is 0 Å². The predicted octanol–water partition coefficient (Wildman–Crippen LogP) is 0.509. The fourth-order valence-corrected chi connectivity index (χ4v) is 2.35. The number of piperidine rings is 1. The van der Waals surface area contributed by atoms with Crippen molar-refractivity contribution in [2.45, 2.75) is 18.9 Å². The van der Waals surface area contributed by atoms with Gasteiger partial charge in [-0.1, -0.05) is 0 Å². The Bertz CT molecular complexity index is 455. The van der Waals surface area contributed by atoms with E-state index in [1.54, 1.807) is 6.20 Å². The topological polar surface area (TPSA) is 74.5 Å². The van der Waals surface area contributed by atoms with Crippen LogP contribution in [0.4, 0.5) is 11.5 Å². The molecule has 0 spiro atoms. The van der Waals surface area contributed by atoms with Gasteiger partial charge >= 0.3 is 0 Å². The first-order chi connectivity index (χ1) is 9.56. The molecule has 1 fully saturated rings. The van der Waals surface area contributed by atoms with Gasteiger partial charge in [-0.3, -0.25) is 9.69 Å². The second-order valence-corrected chi connectivity index (χ2v) is 5.43. The lowest BCUT2D eigenvalue weighted by Crippen LogP contribution is -2.43. The molecule has 6 nitrogen and oxygen atoms in total. The van der Waals surface area contributed by atoms with Crippen molar-refractivity contribution in [1.29, 1.82) is 0 Å². The molecule has 1 aromatic rings. The van der Waals surface area contributed by atoms with E-state index in [2.05, 4.69) is 15.2 Å². The Labute approximate surface area is 120 Å². The molecule has 1 aliphatic heterocycles. The first-order valence-corrected chi connectivity index (χ1v) is 6.96. The third kappa shape index (κ3) is 3.91. The molecule has 1 aliphatic rings. The first kappa shape index (κ1) is 14.7. The maximum absolute atomic E-state index is 12.1. The third-order valence-electron chi connectivity index (χ3n) is 3.48. The lowest BCUT2D eigenvalue weighted by Gasteiger charge is -2.29. The van der Waals surface area contributed by atoms with Gasteiger partial charge in [-0.05, 0) is 25.0 Å². The van der Waals surface area contributed by atoms with Gasteiger partial charge in [0.1, 0.15) is 0 Å². The average Bonchev–Trinajstić information content (AvgIpc) is 2.41. The number of nitrogens with zero attached hydrogens (tertiary/aromatic N) is 3. The lowest BCUT2D eigenvalue weighted by molar-refractivity contribution is -0.117. The Morgan fingerprint density at radius 2 is 2.20 bits per heavy atom. The number of carbonyl (C=O) groups is 1. The summed E-state index contributed by atoms with van der Waals surface area (Å²) >= 11 is 0. The summed E-state index contributed by atoms with van der Waals surface area (Å²) in [6.45, 7) is 2.19. The molecule has 1 saturated heterocycles. The van der Waals surface area contributed by atoms with Gasteiger partial charge in [0.05, 0.1) is 12.2 Å². The number of amides is 1. The van der Waals surface area contributed by atoms with E-state index in [9.17, 15) is 4.79 Å². The summed E-state index contributed by atoms with van der Waals surface area (Å²) in [6.07, 6.45) is 3.64. The molecule has 2 rings (SSSR count). The fraction of sp³-hybridized carbons (Fsp3) is 0.571. The van der Waals surface area contributed by atoms with Crippen LogP contribution in [0.15, 0.2) is 18.3 Å².